The Bertz CT molecular complexity index is 964. The second-order valence-electron chi connectivity index (χ2n) is 19.4. The quantitative estimate of drug-likeness (QED) is 0.0574. The van der Waals surface area contributed by atoms with E-state index < -0.39 is 24.4 Å². The smallest absolute Gasteiger partial charge is 0.407 e. The van der Waals surface area contributed by atoms with Gasteiger partial charge in [0.25, 0.3) is 0 Å². The van der Waals surface area contributed by atoms with Crippen LogP contribution in [0.25, 0.3) is 0 Å². The predicted molar refractivity (Wildman–Crippen MR) is 267 cm³/mol. The van der Waals surface area contributed by atoms with E-state index >= 15 is 0 Å². The summed E-state index contributed by atoms with van der Waals surface area (Å²) in [6.07, 6.45) is 32.7. The molecule has 2 unspecified atom stereocenters. The van der Waals surface area contributed by atoms with E-state index in [4.69, 9.17) is 18.9 Å². The number of piperazine rings is 2. The van der Waals surface area contributed by atoms with Crippen molar-refractivity contribution >= 4 is 12.2 Å². The first kappa shape index (κ1) is 58.4. The van der Waals surface area contributed by atoms with E-state index in [9.17, 15) is 9.59 Å². The van der Waals surface area contributed by atoms with Crippen LogP contribution in [0.15, 0.2) is 0 Å². The zero-order chi connectivity index (χ0) is 46.0. The van der Waals surface area contributed by atoms with Gasteiger partial charge in [0.2, 0.25) is 0 Å². The van der Waals surface area contributed by atoms with Crippen molar-refractivity contribution in [3.63, 3.8) is 0 Å². The molecule has 0 radical (unpaired) electrons. The molecule has 0 aromatic heterocycles. The summed E-state index contributed by atoms with van der Waals surface area (Å²) in [4.78, 5) is 36.2. The number of nitrogens with zero attached hydrogens (tertiary/aromatic N) is 4. The Hall–Kier alpha value is -1.70. The van der Waals surface area contributed by atoms with Crippen LogP contribution in [-0.2, 0) is 18.9 Å². The molecule has 2 fully saturated rings. The number of amides is 2. The van der Waals surface area contributed by atoms with E-state index in [1.165, 1.54) is 141 Å². The number of nitrogens with one attached hydrogen (secondary N) is 2. The molecular weight excluding hydrogens is 805 g/mol. The molecule has 0 aromatic carbocycles. The summed E-state index contributed by atoms with van der Waals surface area (Å²) < 4.78 is 24.4. The summed E-state index contributed by atoms with van der Waals surface area (Å²) in [5.74, 6) is 0. The second kappa shape index (κ2) is 42.6. The van der Waals surface area contributed by atoms with Crippen molar-refractivity contribution in [1.29, 1.82) is 0 Å². The molecule has 64 heavy (non-hydrogen) atoms. The van der Waals surface area contributed by atoms with E-state index in [-0.39, 0.29) is 13.2 Å². The van der Waals surface area contributed by atoms with Gasteiger partial charge in [-0.2, -0.15) is 0 Å². The van der Waals surface area contributed by atoms with E-state index in [1.54, 1.807) is 0 Å². The number of rotatable bonds is 43. The molecular formula is C52H104N6O6. The molecule has 378 valence electrons. The predicted octanol–water partition coefficient (Wildman–Crippen LogP) is 10.7. The van der Waals surface area contributed by atoms with Gasteiger partial charge in [-0.3, -0.25) is 0 Å². The number of unbranched alkanes of at least 4 members (excludes halogenated alkanes) is 24. The van der Waals surface area contributed by atoms with Crippen molar-refractivity contribution in [3.8, 4) is 0 Å². The third kappa shape index (κ3) is 34.6. The molecule has 2 N–H and O–H groups in total. The Labute approximate surface area is 394 Å². The lowest BCUT2D eigenvalue weighted by Crippen LogP contribution is -2.46. The van der Waals surface area contributed by atoms with Crippen molar-refractivity contribution in [2.75, 3.05) is 119 Å². The minimum absolute atomic E-state index is 0.149. The van der Waals surface area contributed by atoms with Gasteiger partial charge in [-0.1, -0.05) is 168 Å². The fraction of sp³-hybridized carbons (Fsp3) is 0.962. The minimum atomic E-state index is -0.790. The van der Waals surface area contributed by atoms with Crippen LogP contribution in [0.3, 0.4) is 0 Å². The zero-order valence-electron chi connectivity index (χ0n) is 42.5. The van der Waals surface area contributed by atoms with Crippen LogP contribution in [0.4, 0.5) is 9.59 Å². The first-order valence-corrected chi connectivity index (χ1v) is 27.3. The molecule has 12 nitrogen and oxygen atoms in total. The van der Waals surface area contributed by atoms with Crippen LogP contribution >= 0.6 is 0 Å². The molecule has 0 aromatic rings. The summed E-state index contributed by atoms with van der Waals surface area (Å²) in [7, 11) is 4.32. The molecule has 2 heterocycles. The van der Waals surface area contributed by atoms with Crippen molar-refractivity contribution in [1.82, 2.24) is 30.2 Å². The van der Waals surface area contributed by atoms with Crippen LogP contribution in [0.5, 0.6) is 0 Å². The van der Waals surface area contributed by atoms with Gasteiger partial charge in [-0.05, 0) is 52.9 Å². The lowest BCUT2D eigenvalue weighted by Gasteiger charge is -2.32. The Morgan fingerprint density at radius 2 is 0.688 bits per heavy atom. The standard InChI is InChI=1S/C52H104N6O6/c1-5-7-9-11-13-15-17-19-21-23-25-27-29-45-61-47-49(63-51(59)53-33-31-35-57-41-37-55(3)38-42-57)50(64-52(60)54-34-32-36-58-43-39-56(4)40-44-58)48-62-46-30-28-26-24-22-20-18-16-14-12-10-8-6-2/h49-50H,5-48H2,1-4H3,(H,53,59)(H,54,60). The third-order valence-electron chi connectivity index (χ3n) is 13.3. The highest BCUT2D eigenvalue weighted by Crippen LogP contribution is 2.15. The van der Waals surface area contributed by atoms with Crippen molar-refractivity contribution < 1.29 is 28.5 Å². The molecule has 2 rings (SSSR count). The normalized spacial score (nSPS) is 16.5. The molecule has 12 heteroatoms. The molecule has 0 bridgehead atoms. The van der Waals surface area contributed by atoms with Crippen LogP contribution in [-0.4, -0.2) is 163 Å². The number of likely N-dealkylation sites (N-methyl/N-ethyl adjacent to an activating group) is 2. The third-order valence-corrected chi connectivity index (χ3v) is 13.3. The average Bonchev–Trinajstić information content (AvgIpc) is 3.29. The number of carbonyl (C=O) groups excluding carboxylic acids is 2. The molecule has 0 saturated carbocycles. The van der Waals surface area contributed by atoms with Crippen molar-refractivity contribution in [2.24, 2.45) is 0 Å². The number of alkyl carbamates (subject to hydrolysis) is 2. The molecule has 2 aliphatic rings. The van der Waals surface area contributed by atoms with Gasteiger partial charge in [0.05, 0.1) is 13.2 Å². The van der Waals surface area contributed by atoms with Crippen LogP contribution < -0.4 is 10.6 Å². The maximum Gasteiger partial charge on any atom is 0.407 e. The fourth-order valence-corrected chi connectivity index (χ4v) is 8.76. The highest BCUT2D eigenvalue weighted by Gasteiger charge is 2.30. The largest absolute Gasteiger partial charge is 0.440 e. The van der Waals surface area contributed by atoms with Crippen molar-refractivity contribution in [3.05, 3.63) is 0 Å². The highest BCUT2D eigenvalue weighted by molar-refractivity contribution is 5.68. The lowest BCUT2D eigenvalue weighted by molar-refractivity contribution is -0.0799. The van der Waals surface area contributed by atoms with Crippen LogP contribution in [0, 0.1) is 0 Å². The number of hydrogen-bond acceptors (Lipinski definition) is 10. The molecule has 2 atom stereocenters. The first-order valence-electron chi connectivity index (χ1n) is 27.3. The first-order chi connectivity index (χ1) is 31.4. The topological polar surface area (TPSA) is 108 Å². The Balaban J connectivity index is 1.85. The highest BCUT2D eigenvalue weighted by atomic mass is 16.6. The number of ether oxygens (including phenoxy) is 4. The lowest BCUT2D eigenvalue weighted by atomic mass is 10.0. The van der Waals surface area contributed by atoms with E-state index in [0.29, 0.717) is 26.3 Å². The van der Waals surface area contributed by atoms with Gasteiger partial charge in [-0.25, -0.2) is 9.59 Å². The monoisotopic (exact) mass is 909 g/mol. The SMILES string of the molecule is CCCCCCCCCCCCCCCOCC(OC(=O)NCCCN1CCN(C)CC1)C(COCCCCCCCCCCCCCCC)OC(=O)NCCCN1CCN(C)CC1. The van der Waals surface area contributed by atoms with Gasteiger partial charge in [0.1, 0.15) is 0 Å². The van der Waals surface area contributed by atoms with Crippen molar-refractivity contribution in [2.45, 2.75) is 206 Å². The van der Waals surface area contributed by atoms with E-state index in [1.807, 2.05) is 0 Å². The minimum Gasteiger partial charge on any atom is -0.440 e. The summed E-state index contributed by atoms with van der Waals surface area (Å²) in [6, 6.07) is 0. The van der Waals surface area contributed by atoms with Gasteiger partial charge in [0, 0.05) is 78.7 Å². The van der Waals surface area contributed by atoms with Gasteiger partial charge < -0.3 is 49.2 Å². The number of hydrogen-bond donors (Lipinski definition) is 2. The zero-order valence-corrected chi connectivity index (χ0v) is 42.5. The summed E-state index contributed by atoms with van der Waals surface area (Å²) in [5, 5.41) is 5.93. The van der Waals surface area contributed by atoms with E-state index in [0.717, 1.165) is 104 Å². The van der Waals surface area contributed by atoms with Crippen LogP contribution in [0.2, 0.25) is 0 Å². The maximum atomic E-state index is 13.3. The Kier molecular flexibility index (Phi) is 38.9. The van der Waals surface area contributed by atoms with Crippen LogP contribution in [0.1, 0.15) is 194 Å². The molecule has 2 amide bonds. The summed E-state index contributed by atoms with van der Waals surface area (Å²) >= 11 is 0. The number of carbonyl (C=O) groups is 2. The summed E-state index contributed by atoms with van der Waals surface area (Å²) in [6.45, 7) is 17.4. The van der Waals surface area contributed by atoms with Gasteiger partial charge in [0.15, 0.2) is 12.2 Å². The molecule has 0 aliphatic carbocycles. The van der Waals surface area contributed by atoms with E-state index in [2.05, 4.69) is 58.2 Å². The molecule has 0 spiro atoms. The summed E-state index contributed by atoms with van der Waals surface area (Å²) in [5.41, 5.74) is 0. The maximum absolute atomic E-state index is 13.3. The Morgan fingerprint density at radius 3 is 0.984 bits per heavy atom. The Morgan fingerprint density at radius 1 is 0.406 bits per heavy atom. The average molecular weight is 909 g/mol. The van der Waals surface area contributed by atoms with Gasteiger partial charge in [-0.15, -0.1) is 0 Å². The fourth-order valence-electron chi connectivity index (χ4n) is 8.76. The van der Waals surface area contributed by atoms with Gasteiger partial charge >= 0.3 is 12.2 Å². The molecule has 2 aliphatic heterocycles. The molecule has 2 saturated heterocycles. The second-order valence-corrected chi connectivity index (χ2v) is 19.4.